The smallest absolute Gasteiger partial charge is 0.174 e. The fourth-order valence-electron chi connectivity index (χ4n) is 2.06. The van der Waals surface area contributed by atoms with Crippen molar-refractivity contribution in [3.63, 3.8) is 0 Å². The molecule has 0 unspecified atom stereocenters. The van der Waals surface area contributed by atoms with Crippen LogP contribution in [0.2, 0.25) is 0 Å². The largest absolute Gasteiger partial charge is 0.357 e. The van der Waals surface area contributed by atoms with Crippen LogP contribution in [0.5, 0.6) is 0 Å². The number of para-hydroxylation sites is 1. The van der Waals surface area contributed by atoms with Gasteiger partial charge in [-0.25, -0.2) is 0 Å². The molecule has 2 heterocycles. The Balaban J connectivity index is 2.58. The molecule has 4 heteroatoms. The van der Waals surface area contributed by atoms with Crippen LogP contribution in [0.25, 0.3) is 21.9 Å². The van der Waals surface area contributed by atoms with Gasteiger partial charge in [-0.2, -0.15) is 0 Å². The third-order valence-corrected chi connectivity index (χ3v) is 2.78. The van der Waals surface area contributed by atoms with Crippen molar-refractivity contribution in [2.75, 3.05) is 0 Å². The first-order valence-electron chi connectivity index (χ1n) is 4.84. The van der Waals surface area contributed by atoms with Crippen LogP contribution in [0.1, 0.15) is 5.76 Å². The van der Waals surface area contributed by atoms with Gasteiger partial charge < -0.3 is 14.8 Å². The second-order valence-corrected chi connectivity index (χ2v) is 3.58. The van der Waals surface area contributed by atoms with Gasteiger partial charge in [-0.3, -0.25) is 0 Å². The number of nitrogens with zero attached hydrogens (tertiary/aromatic N) is 2. The standard InChI is InChI=1S/C11H11N3O/c1-14-8-5-3-2-4-7(8)10-11(14)9(6-12)15-13-10/h2-5H,6,12H2,1H3. The van der Waals surface area contributed by atoms with Crippen molar-refractivity contribution in [1.82, 2.24) is 9.72 Å². The molecule has 3 rings (SSSR count). The summed E-state index contributed by atoms with van der Waals surface area (Å²) in [7, 11) is 2.00. The molecule has 1 aromatic carbocycles. The number of hydrogen-bond donors (Lipinski definition) is 1. The second-order valence-electron chi connectivity index (χ2n) is 3.58. The summed E-state index contributed by atoms with van der Waals surface area (Å²) < 4.78 is 7.27. The van der Waals surface area contributed by atoms with Crippen molar-refractivity contribution in [2.45, 2.75) is 6.54 Å². The number of hydrogen-bond acceptors (Lipinski definition) is 3. The Morgan fingerprint density at radius 3 is 3.00 bits per heavy atom. The quantitative estimate of drug-likeness (QED) is 0.652. The molecule has 0 saturated heterocycles. The molecule has 0 saturated carbocycles. The maximum atomic E-state index is 5.60. The van der Waals surface area contributed by atoms with Gasteiger partial charge >= 0.3 is 0 Å². The molecule has 0 bridgehead atoms. The Hall–Kier alpha value is -1.81. The highest BCUT2D eigenvalue weighted by Crippen LogP contribution is 2.29. The van der Waals surface area contributed by atoms with Gasteiger partial charge in [0.2, 0.25) is 0 Å². The zero-order chi connectivity index (χ0) is 10.4. The lowest BCUT2D eigenvalue weighted by Gasteiger charge is -1.96. The first-order valence-corrected chi connectivity index (χ1v) is 4.84. The van der Waals surface area contributed by atoms with Crippen LogP contribution in [0.4, 0.5) is 0 Å². The predicted molar refractivity (Wildman–Crippen MR) is 58.4 cm³/mol. The summed E-state index contributed by atoms with van der Waals surface area (Å²) in [5, 5.41) is 5.17. The van der Waals surface area contributed by atoms with Crippen molar-refractivity contribution in [1.29, 1.82) is 0 Å². The van der Waals surface area contributed by atoms with E-state index in [0.29, 0.717) is 6.54 Å². The van der Waals surface area contributed by atoms with Crippen molar-refractivity contribution >= 4 is 21.9 Å². The fourth-order valence-corrected chi connectivity index (χ4v) is 2.06. The lowest BCUT2D eigenvalue weighted by molar-refractivity contribution is 0.392. The van der Waals surface area contributed by atoms with Gasteiger partial charge in [0, 0.05) is 12.4 Å². The molecule has 0 amide bonds. The summed E-state index contributed by atoms with van der Waals surface area (Å²) in [4.78, 5) is 0. The topological polar surface area (TPSA) is 57.0 Å². The molecule has 3 aromatic rings. The molecule has 0 radical (unpaired) electrons. The van der Waals surface area contributed by atoms with E-state index in [1.165, 1.54) is 0 Å². The molecule has 0 aliphatic rings. The van der Waals surface area contributed by atoms with E-state index in [9.17, 15) is 0 Å². The molecule has 0 aliphatic carbocycles. The van der Waals surface area contributed by atoms with Crippen LogP contribution in [-0.4, -0.2) is 9.72 Å². The van der Waals surface area contributed by atoms with Crippen molar-refractivity contribution in [3.05, 3.63) is 30.0 Å². The number of fused-ring (bicyclic) bond motifs is 3. The summed E-state index contributed by atoms with van der Waals surface area (Å²) in [6.45, 7) is 0.376. The lowest BCUT2D eigenvalue weighted by Crippen LogP contribution is -1.97. The molecule has 0 atom stereocenters. The monoisotopic (exact) mass is 201 g/mol. The van der Waals surface area contributed by atoms with E-state index < -0.39 is 0 Å². The Kier molecular flexibility index (Phi) is 1.61. The number of aromatic nitrogens is 2. The van der Waals surface area contributed by atoms with Crippen molar-refractivity contribution in [3.8, 4) is 0 Å². The van der Waals surface area contributed by atoms with E-state index in [0.717, 1.165) is 27.7 Å². The zero-order valence-corrected chi connectivity index (χ0v) is 8.40. The Morgan fingerprint density at radius 2 is 2.20 bits per heavy atom. The Labute approximate surface area is 86.2 Å². The van der Waals surface area contributed by atoms with Gasteiger partial charge in [-0.05, 0) is 6.07 Å². The van der Waals surface area contributed by atoms with E-state index in [1.807, 2.05) is 25.2 Å². The van der Waals surface area contributed by atoms with Gasteiger partial charge in [0.25, 0.3) is 0 Å². The van der Waals surface area contributed by atoms with Gasteiger partial charge in [0.05, 0.1) is 12.1 Å². The van der Waals surface area contributed by atoms with Crippen LogP contribution >= 0.6 is 0 Å². The SMILES string of the molecule is Cn1c2ccccc2c2noc(CN)c21. The normalized spacial score (nSPS) is 11.6. The summed E-state index contributed by atoms with van der Waals surface area (Å²) in [5.41, 5.74) is 8.65. The van der Waals surface area contributed by atoms with Gasteiger partial charge in [-0.1, -0.05) is 23.4 Å². The van der Waals surface area contributed by atoms with Crippen LogP contribution < -0.4 is 5.73 Å². The molecular weight excluding hydrogens is 190 g/mol. The minimum Gasteiger partial charge on any atom is -0.357 e. The van der Waals surface area contributed by atoms with Gasteiger partial charge in [0.1, 0.15) is 11.0 Å². The molecule has 76 valence electrons. The Morgan fingerprint density at radius 1 is 1.40 bits per heavy atom. The number of benzene rings is 1. The summed E-state index contributed by atoms with van der Waals surface area (Å²) in [5.74, 6) is 0.740. The van der Waals surface area contributed by atoms with E-state index >= 15 is 0 Å². The molecule has 4 nitrogen and oxygen atoms in total. The highest BCUT2D eigenvalue weighted by atomic mass is 16.5. The predicted octanol–water partition coefficient (Wildman–Crippen LogP) is 1.78. The maximum absolute atomic E-state index is 5.60. The highest BCUT2D eigenvalue weighted by Gasteiger charge is 2.15. The minimum absolute atomic E-state index is 0.376. The molecular formula is C11H11N3O. The van der Waals surface area contributed by atoms with E-state index in [-0.39, 0.29) is 0 Å². The van der Waals surface area contributed by atoms with Crippen LogP contribution in [-0.2, 0) is 13.6 Å². The van der Waals surface area contributed by atoms with Crippen molar-refractivity contribution in [2.24, 2.45) is 12.8 Å². The third kappa shape index (κ3) is 0.966. The number of rotatable bonds is 1. The molecule has 0 aliphatic heterocycles. The highest BCUT2D eigenvalue weighted by molar-refractivity contribution is 6.06. The van der Waals surface area contributed by atoms with E-state index in [4.69, 9.17) is 10.3 Å². The van der Waals surface area contributed by atoms with Crippen LogP contribution in [0.15, 0.2) is 28.8 Å². The molecule has 2 N–H and O–H groups in total. The average molecular weight is 201 g/mol. The summed E-state index contributed by atoms with van der Waals surface area (Å²) in [6.07, 6.45) is 0. The third-order valence-electron chi connectivity index (χ3n) is 2.78. The fraction of sp³-hybridized carbons (Fsp3) is 0.182. The molecule has 15 heavy (non-hydrogen) atoms. The number of aryl methyl sites for hydroxylation is 1. The van der Waals surface area contributed by atoms with Crippen molar-refractivity contribution < 1.29 is 4.52 Å². The summed E-state index contributed by atoms with van der Waals surface area (Å²) in [6, 6.07) is 8.12. The molecule has 0 fully saturated rings. The van der Waals surface area contributed by atoms with Gasteiger partial charge in [0.15, 0.2) is 5.76 Å². The first kappa shape index (κ1) is 8.49. The van der Waals surface area contributed by atoms with E-state index in [2.05, 4.69) is 15.8 Å². The van der Waals surface area contributed by atoms with Gasteiger partial charge in [-0.15, -0.1) is 0 Å². The lowest BCUT2D eigenvalue weighted by atomic mass is 10.2. The van der Waals surface area contributed by atoms with Crippen LogP contribution in [0, 0.1) is 0 Å². The first-order chi connectivity index (χ1) is 7.33. The van der Waals surface area contributed by atoms with E-state index in [1.54, 1.807) is 0 Å². The minimum atomic E-state index is 0.376. The number of nitrogens with two attached hydrogens (primary N) is 1. The maximum Gasteiger partial charge on any atom is 0.174 e. The molecule has 2 aromatic heterocycles. The summed E-state index contributed by atoms with van der Waals surface area (Å²) >= 11 is 0. The Bertz CT molecular complexity index is 636. The zero-order valence-electron chi connectivity index (χ0n) is 8.40. The second kappa shape index (κ2) is 2.84. The average Bonchev–Trinajstić information content (AvgIpc) is 2.81. The molecule has 0 spiro atoms. The van der Waals surface area contributed by atoms with Crippen LogP contribution in [0.3, 0.4) is 0 Å².